The molecule has 2 aliphatic heterocycles. The molecule has 0 radical (unpaired) electrons. The predicted molar refractivity (Wildman–Crippen MR) is 105 cm³/mol. The second-order valence-corrected chi connectivity index (χ2v) is 7.73. The van der Waals surface area contributed by atoms with Gasteiger partial charge in [-0.25, -0.2) is 0 Å². The molecule has 3 heteroatoms. The number of likely N-dealkylation sites (tertiary alicyclic amines) is 1. The highest BCUT2D eigenvalue weighted by Crippen LogP contribution is 2.41. The van der Waals surface area contributed by atoms with Gasteiger partial charge in [0.15, 0.2) is 0 Å². The molecule has 0 aliphatic carbocycles. The lowest BCUT2D eigenvalue weighted by atomic mass is 9.77. The highest BCUT2D eigenvalue weighted by atomic mass is 16.2. The third-order valence-electron chi connectivity index (χ3n) is 6.13. The van der Waals surface area contributed by atoms with Crippen LogP contribution in [0.25, 0.3) is 0 Å². The molecule has 2 aromatic rings. The molecule has 2 aliphatic rings. The van der Waals surface area contributed by atoms with Gasteiger partial charge in [-0.05, 0) is 56.0 Å². The fourth-order valence-electron chi connectivity index (χ4n) is 4.66. The Morgan fingerprint density at radius 2 is 1.62 bits per heavy atom. The van der Waals surface area contributed by atoms with Gasteiger partial charge in [-0.1, -0.05) is 61.0 Å². The van der Waals surface area contributed by atoms with Crippen LogP contribution in [0.1, 0.15) is 42.9 Å². The van der Waals surface area contributed by atoms with Gasteiger partial charge in [0.25, 0.3) is 0 Å². The van der Waals surface area contributed by atoms with E-state index < -0.39 is 5.54 Å². The Labute approximate surface area is 156 Å². The molecular formula is C23H28N2O. The number of hydrogen-bond acceptors (Lipinski definition) is 2. The SMILES string of the molecule is CC1(c2ccccc2)c2ccccc2CCN1C(=O)CN1CCCCC1. The molecule has 0 aromatic heterocycles. The number of rotatable bonds is 3. The number of hydrogen-bond donors (Lipinski definition) is 0. The Bertz CT molecular complexity index is 767. The lowest BCUT2D eigenvalue weighted by Gasteiger charge is -2.47. The fraction of sp³-hybridized carbons (Fsp3) is 0.435. The zero-order chi connectivity index (χ0) is 18.0. The maximum absolute atomic E-state index is 13.3. The van der Waals surface area contributed by atoms with Crippen molar-refractivity contribution in [2.75, 3.05) is 26.2 Å². The number of amides is 1. The van der Waals surface area contributed by atoms with Gasteiger partial charge in [0, 0.05) is 6.54 Å². The van der Waals surface area contributed by atoms with E-state index in [-0.39, 0.29) is 5.91 Å². The molecule has 2 heterocycles. The standard InChI is InChI=1S/C23H28N2O/c1-23(20-11-4-2-5-12-20)21-13-7-6-10-19(21)14-17-25(23)22(26)18-24-15-8-3-9-16-24/h2,4-7,10-13H,3,8-9,14-18H2,1H3. The molecule has 0 saturated carbocycles. The van der Waals surface area contributed by atoms with Crippen molar-refractivity contribution in [3.63, 3.8) is 0 Å². The first-order chi connectivity index (χ1) is 12.7. The van der Waals surface area contributed by atoms with Gasteiger partial charge in [-0.3, -0.25) is 9.69 Å². The van der Waals surface area contributed by atoms with Gasteiger partial charge in [0.1, 0.15) is 0 Å². The van der Waals surface area contributed by atoms with Crippen LogP contribution < -0.4 is 0 Å². The molecule has 1 saturated heterocycles. The monoisotopic (exact) mass is 348 g/mol. The highest BCUT2D eigenvalue weighted by molar-refractivity contribution is 5.80. The van der Waals surface area contributed by atoms with Crippen LogP contribution in [-0.2, 0) is 16.8 Å². The average molecular weight is 348 g/mol. The maximum Gasteiger partial charge on any atom is 0.237 e. The minimum Gasteiger partial charge on any atom is -0.328 e. The topological polar surface area (TPSA) is 23.6 Å². The van der Waals surface area contributed by atoms with Gasteiger partial charge < -0.3 is 4.90 Å². The van der Waals surface area contributed by atoms with Crippen LogP contribution in [0.2, 0.25) is 0 Å². The van der Waals surface area contributed by atoms with E-state index in [4.69, 9.17) is 0 Å². The normalized spacial score (nSPS) is 23.5. The number of fused-ring (bicyclic) bond motifs is 1. The summed E-state index contributed by atoms with van der Waals surface area (Å²) in [5.41, 5.74) is 3.42. The zero-order valence-corrected chi connectivity index (χ0v) is 15.7. The molecule has 2 aromatic carbocycles. The predicted octanol–water partition coefficient (Wildman–Crippen LogP) is 3.82. The minimum atomic E-state index is -0.400. The van der Waals surface area contributed by atoms with E-state index in [1.807, 2.05) is 6.07 Å². The second-order valence-electron chi connectivity index (χ2n) is 7.73. The molecule has 0 bridgehead atoms. The first-order valence-corrected chi connectivity index (χ1v) is 9.86. The lowest BCUT2D eigenvalue weighted by Crippen LogP contribution is -2.55. The molecule has 136 valence electrons. The Hall–Kier alpha value is -2.13. The fourth-order valence-corrected chi connectivity index (χ4v) is 4.66. The van der Waals surface area contributed by atoms with E-state index in [2.05, 4.69) is 65.3 Å². The Morgan fingerprint density at radius 3 is 2.38 bits per heavy atom. The highest BCUT2D eigenvalue weighted by Gasteiger charge is 2.42. The van der Waals surface area contributed by atoms with Crippen LogP contribution >= 0.6 is 0 Å². The van der Waals surface area contributed by atoms with Crippen LogP contribution in [0.15, 0.2) is 54.6 Å². The second kappa shape index (κ2) is 7.24. The third kappa shape index (κ3) is 3.05. The van der Waals surface area contributed by atoms with E-state index in [9.17, 15) is 4.79 Å². The van der Waals surface area contributed by atoms with Crippen LogP contribution in [0, 0.1) is 0 Å². The van der Waals surface area contributed by atoms with Crippen LogP contribution in [0.4, 0.5) is 0 Å². The van der Waals surface area contributed by atoms with Gasteiger partial charge >= 0.3 is 0 Å². The van der Waals surface area contributed by atoms with E-state index in [1.165, 1.54) is 36.0 Å². The van der Waals surface area contributed by atoms with Crippen LogP contribution in [-0.4, -0.2) is 41.9 Å². The summed E-state index contributed by atoms with van der Waals surface area (Å²) in [6.45, 7) is 5.66. The molecule has 1 unspecified atom stereocenters. The lowest BCUT2D eigenvalue weighted by molar-refractivity contribution is -0.138. The summed E-state index contributed by atoms with van der Waals surface area (Å²) in [5.74, 6) is 0.257. The Kier molecular flexibility index (Phi) is 4.82. The van der Waals surface area contributed by atoms with Crippen molar-refractivity contribution in [2.24, 2.45) is 0 Å². The first kappa shape index (κ1) is 17.3. The first-order valence-electron chi connectivity index (χ1n) is 9.86. The molecule has 0 spiro atoms. The van der Waals surface area contributed by atoms with E-state index in [0.717, 1.165) is 26.1 Å². The zero-order valence-electron chi connectivity index (χ0n) is 15.7. The van der Waals surface area contributed by atoms with Crippen molar-refractivity contribution < 1.29 is 4.79 Å². The van der Waals surface area contributed by atoms with E-state index >= 15 is 0 Å². The van der Waals surface area contributed by atoms with Gasteiger partial charge in [-0.2, -0.15) is 0 Å². The van der Waals surface area contributed by atoms with Crippen LogP contribution in [0.5, 0.6) is 0 Å². The van der Waals surface area contributed by atoms with E-state index in [0.29, 0.717) is 6.54 Å². The van der Waals surface area contributed by atoms with Gasteiger partial charge in [0.05, 0.1) is 12.1 Å². The summed E-state index contributed by atoms with van der Waals surface area (Å²) in [6, 6.07) is 19.1. The van der Waals surface area contributed by atoms with Crippen molar-refractivity contribution in [3.8, 4) is 0 Å². The molecule has 3 nitrogen and oxygen atoms in total. The summed E-state index contributed by atoms with van der Waals surface area (Å²) < 4.78 is 0. The molecular weight excluding hydrogens is 320 g/mol. The number of nitrogens with zero attached hydrogens (tertiary/aromatic N) is 2. The number of carbonyl (C=O) groups is 1. The summed E-state index contributed by atoms with van der Waals surface area (Å²) >= 11 is 0. The van der Waals surface area contributed by atoms with Gasteiger partial charge in [0.2, 0.25) is 5.91 Å². The van der Waals surface area contributed by atoms with Crippen molar-refractivity contribution >= 4 is 5.91 Å². The van der Waals surface area contributed by atoms with Crippen molar-refractivity contribution in [1.82, 2.24) is 9.80 Å². The number of carbonyl (C=O) groups excluding carboxylic acids is 1. The van der Waals surface area contributed by atoms with Crippen LogP contribution in [0.3, 0.4) is 0 Å². The molecule has 1 atom stereocenters. The van der Waals surface area contributed by atoms with Crippen molar-refractivity contribution in [1.29, 1.82) is 0 Å². The number of piperidine rings is 1. The summed E-state index contributed by atoms with van der Waals surface area (Å²) in [4.78, 5) is 17.8. The quantitative estimate of drug-likeness (QED) is 0.842. The molecule has 4 rings (SSSR count). The molecule has 26 heavy (non-hydrogen) atoms. The smallest absolute Gasteiger partial charge is 0.237 e. The average Bonchev–Trinajstić information content (AvgIpc) is 2.70. The molecule has 0 N–H and O–H groups in total. The third-order valence-corrected chi connectivity index (χ3v) is 6.13. The summed E-state index contributed by atoms with van der Waals surface area (Å²) in [5, 5.41) is 0. The largest absolute Gasteiger partial charge is 0.328 e. The van der Waals surface area contributed by atoms with Crippen molar-refractivity contribution in [2.45, 2.75) is 38.1 Å². The Morgan fingerprint density at radius 1 is 0.923 bits per heavy atom. The molecule has 1 amide bonds. The Balaban J connectivity index is 1.70. The van der Waals surface area contributed by atoms with Crippen molar-refractivity contribution in [3.05, 3.63) is 71.3 Å². The summed E-state index contributed by atoms with van der Waals surface area (Å²) in [6.07, 6.45) is 4.66. The van der Waals surface area contributed by atoms with E-state index in [1.54, 1.807) is 0 Å². The maximum atomic E-state index is 13.3. The molecule has 1 fully saturated rings. The van der Waals surface area contributed by atoms with Gasteiger partial charge in [-0.15, -0.1) is 0 Å². The summed E-state index contributed by atoms with van der Waals surface area (Å²) in [7, 11) is 0. The number of benzene rings is 2. The minimum absolute atomic E-state index is 0.257.